The van der Waals surface area contributed by atoms with Crippen molar-refractivity contribution in [1.29, 1.82) is 0 Å². The van der Waals surface area contributed by atoms with Crippen LogP contribution in [-0.2, 0) is 4.79 Å². The zero-order chi connectivity index (χ0) is 26.7. The van der Waals surface area contributed by atoms with Gasteiger partial charge in [0.15, 0.2) is 0 Å². The standard InChI is InChI=1S/C31H38N4O3/c1-23(2)30(36)33-27-9-6-8-25(22-27)24-16-20-35(21-17-24)19-7-18-32-31(37)34-26-12-14-29(15-13-26)38-28-10-4-3-5-11-28/h3-6,8-15,22-24H,7,16-21H2,1-2H3,(H,33,36)(H2,32,34,37). The maximum Gasteiger partial charge on any atom is 0.319 e. The summed E-state index contributed by atoms with van der Waals surface area (Å²) in [4.78, 5) is 26.8. The fraction of sp³-hybridized carbons (Fsp3) is 0.355. The Morgan fingerprint density at radius 3 is 2.29 bits per heavy atom. The van der Waals surface area contributed by atoms with Crippen LogP contribution in [0.1, 0.15) is 44.6 Å². The van der Waals surface area contributed by atoms with Crippen LogP contribution >= 0.6 is 0 Å². The summed E-state index contributed by atoms with van der Waals surface area (Å²) in [5, 5.41) is 8.82. The lowest BCUT2D eigenvalue weighted by atomic mass is 9.89. The van der Waals surface area contributed by atoms with Crippen LogP contribution < -0.4 is 20.7 Å². The minimum absolute atomic E-state index is 0.0331. The Morgan fingerprint density at radius 1 is 0.868 bits per heavy atom. The van der Waals surface area contributed by atoms with Gasteiger partial charge in [0.25, 0.3) is 0 Å². The summed E-state index contributed by atoms with van der Waals surface area (Å²) >= 11 is 0. The predicted molar refractivity (Wildman–Crippen MR) is 153 cm³/mol. The van der Waals surface area contributed by atoms with E-state index >= 15 is 0 Å². The molecule has 3 N–H and O–H groups in total. The third-order valence-electron chi connectivity index (χ3n) is 6.77. The molecule has 3 amide bonds. The Balaban J connectivity index is 1.12. The molecule has 0 aliphatic carbocycles. The highest BCUT2D eigenvalue weighted by Gasteiger charge is 2.21. The molecule has 0 saturated carbocycles. The molecule has 1 saturated heterocycles. The lowest BCUT2D eigenvalue weighted by Crippen LogP contribution is -2.36. The Bertz CT molecular complexity index is 1170. The van der Waals surface area contributed by atoms with Crippen LogP contribution in [-0.4, -0.2) is 43.0 Å². The summed E-state index contributed by atoms with van der Waals surface area (Å²) in [5.74, 6) is 2.02. The van der Waals surface area contributed by atoms with Crippen molar-refractivity contribution in [2.24, 2.45) is 5.92 Å². The van der Waals surface area contributed by atoms with Crippen molar-refractivity contribution >= 4 is 23.3 Å². The van der Waals surface area contributed by atoms with Crippen LogP contribution in [0, 0.1) is 5.92 Å². The number of hydrogen-bond acceptors (Lipinski definition) is 4. The van der Waals surface area contributed by atoms with E-state index in [2.05, 4.69) is 33.0 Å². The fourth-order valence-electron chi connectivity index (χ4n) is 4.56. The second kappa shape index (κ2) is 13.6. The number of urea groups is 1. The number of likely N-dealkylation sites (tertiary alicyclic amines) is 1. The first-order chi connectivity index (χ1) is 18.5. The maximum absolute atomic E-state index is 12.3. The summed E-state index contributed by atoms with van der Waals surface area (Å²) < 4.78 is 5.79. The van der Waals surface area contributed by atoms with Crippen molar-refractivity contribution in [3.05, 3.63) is 84.4 Å². The van der Waals surface area contributed by atoms with Crippen molar-refractivity contribution in [1.82, 2.24) is 10.2 Å². The van der Waals surface area contributed by atoms with Gasteiger partial charge in [-0.05, 0) is 98.9 Å². The molecule has 7 heteroatoms. The number of nitrogens with one attached hydrogen (secondary N) is 3. The highest BCUT2D eigenvalue weighted by atomic mass is 16.5. The molecule has 3 aromatic rings. The number of anilines is 2. The van der Waals surface area contributed by atoms with Crippen molar-refractivity contribution in [3.8, 4) is 11.5 Å². The van der Waals surface area contributed by atoms with E-state index in [1.165, 1.54) is 5.56 Å². The molecule has 0 bridgehead atoms. The van der Waals surface area contributed by atoms with Crippen LogP contribution in [0.3, 0.4) is 0 Å². The average molecular weight is 515 g/mol. The van der Waals surface area contributed by atoms with Gasteiger partial charge in [0.2, 0.25) is 5.91 Å². The van der Waals surface area contributed by atoms with E-state index in [0.717, 1.165) is 61.8 Å². The normalized spacial score (nSPS) is 14.2. The van der Waals surface area contributed by atoms with E-state index in [9.17, 15) is 9.59 Å². The van der Waals surface area contributed by atoms with Crippen molar-refractivity contribution in [3.63, 3.8) is 0 Å². The molecule has 38 heavy (non-hydrogen) atoms. The van der Waals surface area contributed by atoms with Crippen LogP contribution in [0.15, 0.2) is 78.9 Å². The van der Waals surface area contributed by atoms with E-state index in [4.69, 9.17) is 4.74 Å². The maximum atomic E-state index is 12.3. The number of hydrogen-bond donors (Lipinski definition) is 3. The number of carbonyl (C=O) groups is 2. The molecule has 1 heterocycles. The number of piperidine rings is 1. The predicted octanol–water partition coefficient (Wildman–Crippen LogP) is 6.46. The van der Waals surface area contributed by atoms with Gasteiger partial charge in [0.1, 0.15) is 11.5 Å². The quantitative estimate of drug-likeness (QED) is 0.271. The van der Waals surface area contributed by atoms with Crippen LogP contribution in [0.2, 0.25) is 0 Å². The molecule has 200 valence electrons. The topological polar surface area (TPSA) is 82.7 Å². The number of benzene rings is 3. The molecular weight excluding hydrogens is 476 g/mol. The lowest BCUT2D eigenvalue weighted by molar-refractivity contribution is -0.118. The summed E-state index contributed by atoms with van der Waals surface area (Å²) in [7, 11) is 0. The van der Waals surface area contributed by atoms with Gasteiger partial charge < -0.3 is 25.6 Å². The number of nitrogens with zero attached hydrogens (tertiary/aromatic N) is 1. The van der Waals surface area contributed by atoms with E-state index < -0.39 is 0 Å². The monoisotopic (exact) mass is 514 g/mol. The van der Waals surface area contributed by atoms with E-state index in [1.807, 2.05) is 80.6 Å². The second-order valence-electron chi connectivity index (χ2n) is 10.1. The molecule has 1 aliphatic heterocycles. The molecule has 0 unspecified atom stereocenters. The molecule has 1 aliphatic rings. The molecule has 3 aromatic carbocycles. The minimum Gasteiger partial charge on any atom is -0.457 e. The van der Waals surface area contributed by atoms with Crippen LogP contribution in [0.25, 0.3) is 0 Å². The molecule has 0 atom stereocenters. The molecule has 7 nitrogen and oxygen atoms in total. The number of ether oxygens (including phenoxy) is 1. The summed E-state index contributed by atoms with van der Waals surface area (Å²) in [6, 6.07) is 25.0. The highest BCUT2D eigenvalue weighted by molar-refractivity contribution is 5.92. The van der Waals surface area contributed by atoms with Crippen molar-refractivity contribution in [2.75, 3.05) is 36.8 Å². The van der Waals surface area contributed by atoms with E-state index in [-0.39, 0.29) is 17.9 Å². The third kappa shape index (κ3) is 8.35. The highest BCUT2D eigenvalue weighted by Crippen LogP contribution is 2.29. The van der Waals surface area contributed by atoms with Crippen LogP contribution in [0.5, 0.6) is 11.5 Å². The Hall–Kier alpha value is -3.84. The largest absolute Gasteiger partial charge is 0.457 e. The molecule has 1 fully saturated rings. The Morgan fingerprint density at radius 2 is 1.58 bits per heavy atom. The lowest BCUT2D eigenvalue weighted by Gasteiger charge is -2.32. The van der Waals surface area contributed by atoms with Gasteiger partial charge in [-0.15, -0.1) is 0 Å². The second-order valence-corrected chi connectivity index (χ2v) is 10.1. The van der Waals surface area contributed by atoms with E-state index in [1.54, 1.807) is 0 Å². The van der Waals surface area contributed by atoms with Gasteiger partial charge >= 0.3 is 6.03 Å². The van der Waals surface area contributed by atoms with Gasteiger partial charge in [0.05, 0.1) is 0 Å². The number of amides is 3. The fourth-order valence-corrected chi connectivity index (χ4v) is 4.56. The average Bonchev–Trinajstić information content (AvgIpc) is 2.93. The first kappa shape index (κ1) is 27.2. The van der Waals surface area contributed by atoms with Crippen molar-refractivity contribution < 1.29 is 14.3 Å². The SMILES string of the molecule is CC(C)C(=O)Nc1cccc(C2CCN(CCCNC(=O)Nc3ccc(Oc4ccccc4)cc3)CC2)c1. The zero-order valence-corrected chi connectivity index (χ0v) is 22.3. The van der Waals surface area contributed by atoms with E-state index in [0.29, 0.717) is 12.5 Å². The number of carbonyl (C=O) groups excluding carboxylic acids is 2. The molecule has 0 aromatic heterocycles. The summed E-state index contributed by atoms with van der Waals surface area (Å²) in [6.07, 6.45) is 3.09. The van der Waals surface area contributed by atoms with Gasteiger partial charge in [-0.2, -0.15) is 0 Å². The zero-order valence-electron chi connectivity index (χ0n) is 22.3. The summed E-state index contributed by atoms with van der Waals surface area (Å²) in [6.45, 7) is 7.46. The van der Waals surface area contributed by atoms with Crippen molar-refractivity contribution in [2.45, 2.75) is 39.0 Å². The Labute approximate surface area is 225 Å². The van der Waals surface area contributed by atoms with Gasteiger partial charge in [-0.3, -0.25) is 4.79 Å². The molecule has 4 rings (SSSR count). The first-order valence-electron chi connectivity index (χ1n) is 13.5. The smallest absolute Gasteiger partial charge is 0.319 e. The van der Waals surface area contributed by atoms with Gasteiger partial charge in [-0.1, -0.05) is 44.2 Å². The summed E-state index contributed by atoms with van der Waals surface area (Å²) in [5.41, 5.74) is 2.89. The number of rotatable bonds is 10. The van der Waals surface area contributed by atoms with Gasteiger partial charge in [0, 0.05) is 23.8 Å². The first-order valence-corrected chi connectivity index (χ1v) is 13.5. The Kier molecular flexibility index (Phi) is 9.76. The molecule has 0 radical (unpaired) electrons. The van der Waals surface area contributed by atoms with Crippen LogP contribution in [0.4, 0.5) is 16.2 Å². The van der Waals surface area contributed by atoms with Gasteiger partial charge in [-0.25, -0.2) is 4.79 Å². The minimum atomic E-state index is -0.204. The number of para-hydroxylation sites is 1. The molecular formula is C31H38N4O3. The third-order valence-corrected chi connectivity index (χ3v) is 6.77. The molecule has 0 spiro atoms.